The van der Waals surface area contributed by atoms with Gasteiger partial charge in [-0.2, -0.15) is 0 Å². The minimum atomic E-state index is -0.0235. The van der Waals surface area contributed by atoms with Crippen LogP contribution in [0.5, 0.6) is 0 Å². The fraction of sp³-hybridized carbons (Fsp3) is 0.636. The number of carbonyl (C=O) groups excluding carboxylic acids is 1. The van der Waals surface area contributed by atoms with Crippen molar-refractivity contribution in [1.82, 2.24) is 20.2 Å². The van der Waals surface area contributed by atoms with Gasteiger partial charge < -0.3 is 19.9 Å². The molecule has 0 aliphatic rings. The standard InChI is InChI=1S/C11H20N4O2/c1-3-15-9-13-7-10(15)6-12-8-11(16)14-4-5-17-2/h7,9,12H,3-6,8H2,1-2H3,(H,14,16). The number of amides is 1. The van der Waals surface area contributed by atoms with Gasteiger partial charge in [0.2, 0.25) is 5.91 Å². The lowest BCUT2D eigenvalue weighted by atomic mass is 10.4. The van der Waals surface area contributed by atoms with E-state index in [9.17, 15) is 4.79 Å². The first-order chi connectivity index (χ1) is 8.27. The Kier molecular flexibility index (Phi) is 6.27. The minimum Gasteiger partial charge on any atom is -0.383 e. The van der Waals surface area contributed by atoms with Crippen molar-refractivity contribution in [2.75, 3.05) is 26.8 Å². The Morgan fingerprint density at radius 1 is 1.59 bits per heavy atom. The molecule has 0 aromatic carbocycles. The van der Waals surface area contributed by atoms with Crippen LogP contribution in [0.4, 0.5) is 0 Å². The molecule has 0 atom stereocenters. The lowest BCUT2D eigenvalue weighted by molar-refractivity contribution is -0.120. The summed E-state index contributed by atoms with van der Waals surface area (Å²) in [4.78, 5) is 15.4. The summed E-state index contributed by atoms with van der Waals surface area (Å²) in [5.41, 5.74) is 1.08. The van der Waals surface area contributed by atoms with Crippen molar-refractivity contribution >= 4 is 5.91 Å². The Bertz CT molecular complexity index is 338. The molecular weight excluding hydrogens is 220 g/mol. The van der Waals surface area contributed by atoms with Crippen LogP contribution in [0.25, 0.3) is 0 Å². The monoisotopic (exact) mass is 240 g/mol. The molecule has 0 saturated carbocycles. The third-order valence-electron chi connectivity index (χ3n) is 2.36. The zero-order valence-electron chi connectivity index (χ0n) is 10.4. The predicted molar refractivity (Wildman–Crippen MR) is 64.5 cm³/mol. The fourth-order valence-electron chi connectivity index (χ4n) is 1.44. The number of nitrogens with zero attached hydrogens (tertiary/aromatic N) is 2. The van der Waals surface area contributed by atoms with Crippen LogP contribution in [0.2, 0.25) is 0 Å². The summed E-state index contributed by atoms with van der Waals surface area (Å²) in [6, 6.07) is 0. The van der Waals surface area contributed by atoms with Gasteiger partial charge in [-0.05, 0) is 6.92 Å². The van der Waals surface area contributed by atoms with Crippen molar-refractivity contribution in [3.63, 3.8) is 0 Å². The SMILES string of the molecule is CCn1cncc1CNCC(=O)NCCOC. The molecule has 0 bridgehead atoms. The highest BCUT2D eigenvalue weighted by Crippen LogP contribution is 1.97. The molecule has 17 heavy (non-hydrogen) atoms. The molecule has 1 aromatic rings. The molecule has 96 valence electrons. The van der Waals surface area contributed by atoms with Crippen molar-refractivity contribution in [3.05, 3.63) is 18.2 Å². The van der Waals surface area contributed by atoms with Gasteiger partial charge in [-0.15, -0.1) is 0 Å². The van der Waals surface area contributed by atoms with Gasteiger partial charge in [-0.3, -0.25) is 4.79 Å². The molecule has 0 saturated heterocycles. The van der Waals surface area contributed by atoms with E-state index in [2.05, 4.69) is 22.5 Å². The molecule has 0 spiro atoms. The zero-order valence-corrected chi connectivity index (χ0v) is 10.4. The van der Waals surface area contributed by atoms with Gasteiger partial charge in [0.25, 0.3) is 0 Å². The molecule has 1 rings (SSSR count). The Morgan fingerprint density at radius 3 is 3.12 bits per heavy atom. The molecule has 2 N–H and O–H groups in total. The van der Waals surface area contributed by atoms with Gasteiger partial charge in [-0.1, -0.05) is 0 Å². The first-order valence-electron chi connectivity index (χ1n) is 5.73. The van der Waals surface area contributed by atoms with Gasteiger partial charge in [0.1, 0.15) is 0 Å². The second kappa shape index (κ2) is 7.81. The van der Waals surface area contributed by atoms with E-state index in [4.69, 9.17) is 4.74 Å². The summed E-state index contributed by atoms with van der Waals surface area (Å²) >= 11 is 0. The van der Waals surface area contributed by atoms with E-state index < -0.39 is 0 Å². The maximum atomic E-state index is 11.3. The van der Waals surface area contributed by atoms with Crippen molar-refractivity contribution in [3.8, 4) is 0 Å². The van der Waals surface area contributed by atoms with Gasteiger partial charge in [0, 0.05) is 32.9 Å². The smallest absolute Gasteiger partial charge is 0.234 e. The normalized spacial score (nSPS) is 10.5. The molecular formula is C11H20N4O2. The van der Waals surface area contributed by atoms with E-state index in [1.807, 2.05) is 4.57 Å². The summed E-state index contributed by atoms with van der Waals surface area (Å²) in [5.74, 6) is -0.0235. The summed E-state index contributed by atoms with van der Waals surface area (Å²) in [5, 5.41) is 5.82. The Balaban J connectivity index is 2.17. The molecule has 0 fully saturated rings. The van der Waals surface area contributed by atoms with Crippen LogP contribution >= 0.6 is 0 Å². The van der Waals surface area contributed by atoms with Crippen LogP contribution in [0.1, 0.15) is 12.6 Å². The molecule has 0 unspecified atom stereocenters. The number of methoxy groups -OCH3 is 1. The molecule has 0 radical (unpaired) electrons. The second-order valence-corrected chi connectivity index (χ2v) is 3.62. The maximum Gasteiger partial charge on any atom is 0.234 e. The highest BCUT2D eigenvalue weighted by atomic mass is 16.5. The molecule has 1 heterocycles. The average molecular weight is 240 g/mol. The Labute approximate surface area is 101 Å². The van der Waals surface area contributed by atoms with Crippen molar-refractivity contribution in [2.45, 2.75) is 20.0 Å². The number of rotatable bonds is 8. The summed E-state index contributed by atoms with van der Waals surface area (Å²) < 4.78 is 6.88. The largest absolute Gasteiger partial charge is 0.383 e. The number of imidazole rings is 1. The van der Waals surface area contributed by atoms with Crippen molar-refractivity contribution in [2.24, 2.45) is 0 Å². The molecule has 0 aliphatic carbocycles. The summed E-state index contributed by atoms with van der Waals surface area (Å²) in [6.07, 6.45) is 3.59. The zero-order chi connectivity index (χ0) is 12.5. The van der Waals surface area contributed by atoms with Crippen molar-refractivity contribution in [1.29, 1.82) is 0 Å². The number of ether oxygens (including phenoxy) is 1. The van der Waals surface area contributed by atoms with E-state index in [0.29, 0.717) is 26.2 Å². The van der Waals surface area contributed by atoms with Gasteiger partial charge in [-0.25, -0.2) is 4.98 Å². The highest BCUT2D eigenvalue weighted by molar-refractivity contribution is 5.77. The average Bonchev–Trinajstić information content (AvgIpc) is 2.77. The van der Waals surface area contributed by atoms with Crippen LogP contribution in [-0.2, 0) is 22.6 Å². The third kappa shape index (κ3) is 4.97. The maximum absolute atomic E-state index is 11.3. The van der Waals surface area contributed by atoms with Crippen LogP contribution in [0.3, 0.4) is 0 Å². The number of carbonyl (C=O) groups is 1. The quantitative estimate of drug-likeness (QED) is 0.615. The summed E-state index contributed by atoms with van der Waals surface area (Å²) in [7, 11) is 1.61. The van der Waals surface area contributed by atoms with Crippen molar-refractivity contribution < 1.29 is 9.53 Å². The first-order valence-corrected chi connectivity index (χ1v) is 5.73. The number of aryl methyl sites for hydroxylation is 1. The molecule has 1 aromatic heterocycles. The predicted octanol–water partition coefficient (Wildman–Crippen LogP) is -0.245. The number of hydrogen-bond donors (Lipinski definition) is 2. The van der Waals surface area contributed by atoms with Crippen LogP contribution in [0.15, 0.2) is 12.5 Å². The Hall–Kier alpha value is -1.40. The highest BCUT2D eigenvalue weighted by Gasteiger charge is 2.02. The van der Waals surface area contributed by atoms with E-state index in [1.165, 1.54) is 0 Å². The van der Waals surface area contributed by atoms with Crippen LogP contribution < -0.4 is 10.6 Å². The van der Waals surface area contributed by atoms with Gasteiger partial charge in [0.15, 0.2) is 0 Å². The molecule has 1 amide bonds. The van der Waals surface area contributed by atoms with Crippen LogP contribution in [-0.4, -0.2) is 42.3 Å². The van der Waals surface area contributed by atoms with E-state index >= 15 is 0 Å². The topological polar surface area (TPSA) is 68.2 Å². The lowest BCUT2D eigenvalue weighted by Gasteiger charge is -2.07. The van der Waals surface area contributed by atoms with Crippen LogP contribution in [0, 0.1) is 0 Å². The van der Waals surface area contributed by atoms with E-state index in [0.717, 1.165) is 12.2 Å². The van der Waals surface area contributed by atoms with E-state index in [-0.39, 0.29) is 5.91 Å². The number of hydrogen-bond acceptors (Lipinski definition) is 4. The number of nitrogens with one attached hydrogen (secondary N) is 2. The molecule has 0 aliphatic heterocycles. The Morgan fingerprint density at radius 2 is 2.41 bits per heavy atom. The molecule has 6 nitrogen and oxygen atoms in total. The second-order valence-electron chi connectivity index (χ2n) is 3.62. The first kappa shape index (κ1) is 13.7. The summed E-state index contributed by atoms with van der Waals surface area (Å²) in [6.45, 7) is 4.97. The van der Waals surface area contributed by atoms with Gasteiger partial charge in [0.05, 0.1) is 25.2 Å². The van der Waals surface area contributed by atoms with E-state index in [1.54, 1.807) is 19.6 Å². The number of aromatic nitrogens is 2. The fourth-order valence-corrected chi connectivity index (χ4v) is 1.44. The minimum absolute atomic E-state index is 0.0235. The molecule has 6 heteroatoms. The third-order valence-corrected chi connectivity index (χ3v) is 2.36. The lowest BCUT2D eigenvalue weighted by Crippen LogP contribution is -2.35. The van der Waals surface area contributed by atoms with Gasteiger partial charge >= 0.3 is 0 Å².